The standard InChI is InChI=1S/C16H16ClN3O/c1-3-11-18-15(21)10-9-14-12(2)19-20(16(14)17)13-7-5-4-6-8-13/h3-10H,1,11H2,2H3,(H,18,21)/b10-9+. The van der Waals surface area contributed by atoms with Crippen molar-refractivity contribution in [1.29, 1.82) is 0 Å². The first-order chi connectivity index (χ1) is 10.1. The highest BCUT2D eigenvalue weighted by atomic mass is 35.5. The van der Waals surface area contributed by atoms with E-state index < -0.39 is 0 Å². The molecule has 0 atom stereocenters. The zero-order valence-electron chi connectivity index (χ0n) is 11.7. The molecule has 2 aromatic rings. The smallest absolute Gasteiger partial charge is 0.244 e. The lowest BCUT2D eigenvalue weighted by atomic mass is 10.2. The van der Waals surface area contributed by atoms with Gasteiger partial charge in [-0.3, -0.25) is 4.79 Å². The van der Waals surface area contributed by atoms with Crippen LogP contribution in [0.25, 0.3) is 11.8 Å². The molecule has 1 aromatic heterocycles. The number of aromatic nitrogens is 2. The van der Waals surface area contributed by atoms with Crippen LogP contribution in [-0.2, 0) is 4.79 Å². The molecule has 1 aromatic carbocycles. The molecule has 0 bridgehead atoms. The number of para-hydroxylation sites is 1. The number of halogens is 1. The van der Waals surface area contributed by atoms with Crippen LogP contribution in [0, 0.1) is 6.92 Å². The van der Waals surface area contributed by atoms with Crippen molar-refractivity contribution < 1.29 is 4.79 Å². The Balaban J connectivity index is 2.26. The summed E-state index contributed by atoms with van der Waals surface area (Å²) in [6.07, 6.45) is 4.73. The van der Waals surface area contributed by atoms with Crippen LogP contribution in [0.2, 0.25) is 5.15 Å². The van der Waals surface area contributed by atoms with E-state index in [0.29, 0.717) is 11.7 Å². The zero-order valence-corrected chi connectivity index (χ0v) is 12.5. The summed E-state index contributed by atoms with van der Waals surface area (Å²) >= 11 is 6.35. The molecule has 0 spiro atoms. The van der Waals surface area contributed by atoms with Gasteiger partial charge in [0, 0.05) is 18.2 Å². The lowest BCUT2D eigenvalue weighted by molar-refractivity contribution is -0.116. The number of carbonyl (C=O) groups is 1. The summed E-state index contributed by atoms with van der Waals surface area (Å²) < 4.78 is 1.65. The van der Waals surface area contributed by atoms with Crippen LogP contribution < -0.4 is 5.32 Å². The van der Waals surface area contributed by atoms with Crippen LogP contribution in [0.15, 0.2) is 49.1 Å². The molecule has 0 fully saturated rings. The van der Waals surface area contributed by atoms with Gasteiger partial charge in [0.05, 0.1) is 11.4 Å². The molecule has 4 nitrogen and oxygen atoms in total. The third kappa shape index (κ3) is 3.61. The van der Waals surface area contributed by atoms with Gasteiger partial charge < -0.3 is 5.32 Å². The largest absolute Gasteiger partial charge is 0.349 e. The summed E-state index contributed by atoms with van der Waals surface area (Å²) in [5, 5.41) is 7.55. The fourth-order valence-electron chi connectivity index (χ4n) is 1.83. The molecule has 1 heterocycles. The van der Waals surface area contributed by atoms with Gasteiger partial charge in [0.2, 0.25) is 5.91 Å². The molecule has 2 rings (SSSR count). The van der Waals surface area contributed by atoms with E-state index in [4.69, 9.17) is 11.6 Å². The molecule has 0 aliphatic carbocycles. The first kappa shape index (κ1) is 15.1. The Hall–Kier alpha value is -2.33. The van der Waals surface area contributed by atoms with Gasteiger partial charge in [0.25, 0.3) is 0 Å². The van der Waals surface area contributed by atoms with E-state index in [1.807, 2.05) is 37.3 Å². The zero-order chi connectivity index (χ0) is 15.2. The molecule has 1 amide bonds. The number of hydrogen-bond donors (Lipinski definition) is 1. The van der Waals surface area contributed by atoms with Crippen molar-refractivity contribution in [3.63, 3.8) is 0 Å². The van der Waals surface area contributed by atoms with Crippen molar-refractivity contribution in [2.45, 2.75) is 6.92 Å². The van der Waals surface area contributed by atoms with E-state index in [0.717, 1.165) is 16.9 Å². The predicted octanol–water partition coefficient (Wildman–Crippen LogP) is 3.15. The number of nitrogens with one attached hydrogen (secondary N) is 1. The minimum Gasteiger partial charge on any atom is -0.349 e. The Morgan fingerprint density at radius 1 is 1.43 bits per heavy atom. The monoisotopic (exact) mass is 301 g/mol. The van der Waals surface area contributed by atoms with Gasteiger partial charge in [0.15, 0.2) is 0 Å². The normalized spacial score (nSPS) is 10.8. The van der Waals surface area contributed by atoms with Crippen molar-refractivity contribution in [2.24, 2.45) is 0 Å². The fraction of sp³-hybridized carbons (Fsp3) is 0.125. The maximum Gasteiger partial charge on any atom is 0.244 e. The van der Waals surface area contributed by atoms with Crippen molar-refractivity contribution in [3.8, 4) is 5.69 Å². The fourth-order valence-corrected chi connectivity index (χ4v) is 2.17. The van der Waals surface area contributed by atoms with Gasteiger partial charge in [-0.15, -0.1) is 6.58 Å². The van der Waals surface area contributed by atoms with Crippen molar-refractivity contribution >= 4 is 23.6 Å². The topological polar surface area (TPSA) is 46.9 Å². The average molecular weight is 302 g/mol. The predicted molar refractivity (Wildman–Crippen MR) is 85.6 cm³/mol. The lowest BCUT2D eigenvalue weighted by Crippen LogP contribution is -2.20. The molecule has 0 aliphatic rings. The molecule has 108 valence electrons. The van der Waals surface area contributed by atoms with Crippen molar-refractivity contribution in [2.75, 3.05) is 6.54 Å². The van der Waals surface area contributed by atoms with Crippen LogP contribution in [0.4, 0.5) is 0 Å². The molecule has 1 N–H and O–H groups in total. The summed E-state index contributed by atoms with van der Waals surface area (Å²) in [5.74, 6) is -0.196. The van der Waals surface area contributed by atoms with E-state index >= 15 is 0 Å². The Bertz CT molecular complexity index is 674. The second kappa shape index (κ2) is 6.90. The lowest BCUT2D eigenvalue weighted by Gasteiger charge is -2.02. The van der Waals surface area contributed by atoms with E-state index in [9.17, 15) is 4.79 Å². The third-order valence-corrected chi connectivity index (χ3v) is 3.23. The maximum absolute atomic E-state index is 11.6. The molecule has 0 saturated carbocycles. The third-order valence-electron chi connectivity index (χ3n) is 2.87. The van der Waals surface area contributed by atoms with Crippen LogP contribution in [0.5, 0.6) is 0 Å². The van der Waals surface area contributed by atoms with Gasteiger partial charge in [-0.1, -0.05) is 35.9 Å². The van der Waals surface area contributed by atoms with Crippen molar-refractivity contribution in [1.82, 2.24) is 15.1 Å². The van der Waals surface area contributed by atoms with E-state index in [1.165, 1.54) is 6.08 Å². The molecule has 5 heteroatoms. The highest BCUT2D eigenvalue weighted by Crippen LogP contribution is 2.24. The number of amides is 1. The Morgan fingerprint density at radius 2 is 2.14 bits per heavy atom. The minimum absolute atomic E-state index is 0.196. The second-order valence-electron chi connectivity index (χ2n) is 4.40. The highest BCUT2D eigenvalue weighted by molar-refractivity contribution is 6.31. The van der Waals surface area contributed by atoms with Crippen LogP contribution in [-0.4, -0.2) is 22.2 Å². The Labute approximate surface area is 128 Å². The Kier molecular flexibility index (Phi) is 4.95. The number of nitrogens with zero attached hydrogens (tertiary/aromatic N) is 2. The second-order valence-corrected chi connectivity index (χ2v) is 4.76. The first-order valence-corrected chi connectivity index (χ1v) is 6.88. The van der Waals surface area contributed by atoms with E-state index in [1.54, 1.807) is 16.8 Å². The summed E-state index contributed by atoms with van der Waals surface area (Å²) in [4.78, 5) is 11.6. The number of carbonyl (C=O) groups excluding carboxylic acids is 1. The molecule has 0 unspecified atom stereocenters. The average Bonchev–Trinajstić information content (AvgIpc) is 2.79. The number of hydrogen-bond acceptors (Lipinski definition) is 2. The maximum atomic E-state index is 11.6. The van der Waals surface area contributed by atoms with Crippen LogP contribution in [0.1, 0.15) is 11.3 Å². The van der Waals surface area contributed by atoms with Gasteiger partial charge in [0.1, 0.15) is 5.15 Å². The molecular weight excluding hydrogens is 286 g/mol. The van der Waals surface area contributed by atoms with Crippen LogP contribution in [0.3, 0.4) is 0 Å². The number of aryl methyl sites for hydroxylation is 1. The molecule has 0 saturated heterocycles. The summed E-state index contributed by atoms with van der Waals surface area (Å²) in [6.45, 7) is 5.83. The van der Waals surface area contributed by atoms with Gasteiger partial charge >= 0.3 is 0 Å². The quantitative estimate of drug-likeness (QED) is 0.681. The van der Waals surface area contributed by atoms with Gasteiger partial charge in [-0.2, -0.15) is 5.10 Å². The molecule has 0 radical (unpaired) electrons. The SMILES string of the molecule is C=CCNC(=O)/C=C/c1c(C)nn(-c2ccccc2)c1Cl. The van der Waals surface area contributed by atoms with Crippen LogP contribution >= 0.6 is 11.6 Å². The molecule has 0 aliphatic heterocycles. The molecular formula is C16H16ClN3O. The van der Waals surface area contributed by atoms with Crippen molar-refractivity contribution in [3.05, 3.63) is 65.5 Å². The Morgan fingerprint density at radius 3 is 2.81 bits per heavy atom. The molecule has 21 heavy (non-hydrogen) atoms. The minimum atomic E-state index is -0.196. The number of benzene rings is 1. The summed E-state index contributed by atoms with van der Waals surface area (Å²) in [7, 11) is 0. The summed E-state index contributed by atoms with van der Waals surface area (Å²) in [6, 6.07) is 9.60. The van der Waals surface area contributed by atoms with Gasteiger partial charge in [-0.05, 0) is 25.1 Å². The number of rotatable bonds is 5. The van der Waals surface area contributed by atoms with E-state index in [2.05, 4.69) is 17.0 Å². The highest BCUT2D eigenvalue weighted by Gasteiger charge is 2.12. The van der Waals surface area contributed by atoms with Gasteiger partial charge in [-0.25, -0.2) is 4.68 Å². The van der Waals surface area contributed by atoms with E-state index in [-0.39, 0.29) is 5.91 Å². The summed E-state index contributed by atoms with van der Waals surface area (Å²) in [5.41, 5.74) is 2.37. The first-order valence-electron chi connectivity index (χ1n) is 6.51.